The summed E-state index contributed by atoms with van der Waals surface area (Å²) in [6.07, 6.45) is 3.31. The number of piperidine rings is 1. The van der Waals surface area contributed by atoms with Crippen LogP contribution in [0, 0.1) is 17.3 Å². The number of ketones is 2. The number of ether oxygens (including phenoxy) is 1. The summed E-state index contributed by atoms with van der Waals surface area (Å²) in [5, 5.41) is 3.01. The van der Waals surface area contributed by atoms with Crippen molar-refractivity contribution in [2.24, 2.45) is 5.41 Å². The van der Waals surface area contributed by atoms with Gasteiger partial charge < -0.3 is 15.0 Å². The van der Waals surface area contributed by atoms with Crippen molar-refractivity contribution in [1.82, 2.24) is 10.2 Å². The van der Waals surface area contributed by atoms with Crippen molar-refractivity contribution < 1.29 is 23.9 Å². The van der Waals surface area contributed by atoms with Gasteiger partial charge in [0.15, 0.2) is 0 Å². The molecule has 0 bridgehead atoms. The molecule has 3 fully saturated rings. The molecule has 4 rings (SSSR count). The van der Waals surface area contributed by atoms with Gasteiger partial charge in [-0.25, -0.2) is 0 Å². The van der Waals surface area contributed by atoms with Gasteiger partial charge in [0, 0.05) is 48.1 Å². The summed E-state index contributed by atoms with van der Waals surface area (Å²) in [4.78, 5) is 52.5. The largest absolute Gasteiger partial charge is 0.496 e. The van der Waals surface area contributed by atoms with E-state index >= 15 is 0 Å². The molecule has 0 unspecified atom stereocenters. The Morgan fingerprint density at radius 3 is 2.33 bits per heavy atom. The Bertz CT molecular complexity index is 1050. The van der Waals surface area contributed by atoms with E-state index in [9.17, 15) is 19.2 Å². The van der Waals surface area contributed by atoms with E-state index in [-0.39, 0.29) is 35.5 Å². The number of methoxy groups -OCH3 is 1. The van der Waals surface area contributed by atoms with Crippen LogP contribution in [-0.2, 0) is 19.2 Å². The molecule has 3 aliphatic rings. The van der Waals surface area contributed by atoms with Crippen molar-refractivity contribution in [2.75, 3.05) is 20.2 Å². The number of amides is 2. The molecular formula is C25H27ClN2O5. The Labute approximate surface area is 198 Å². The number of rotatable bonds is 3. The van der Waals surface area contributed by atoms with Crippen molar-refractivity contribution in [2.45, 2.75) is 57.4 Å². The van der Waals surface area contributed by atoms with Gasteiger partial charge in [0.25, 0.3) is 0 Å². The SMILES string of the molecule is CC#Cc1cc(Cl)c(C2C(=O)CC3(CCN(C(=O)C(=O)NC4CC4)CC3)CC2=O)c(OC)c1. The van der Waals surface area contributed by atoms with Crippen LogP contribution in [0.2, 0.25) is 5.02 Å². The van der Waals surface area contributed by atoms with Crippen molar-refractivity contribution in [3.05, 3.63) is 28.3 Å². The number of likely N-dealkylation sites (tertiary alicyclic amines) is 1. The molecule has 33 heavy (non-hydrogen) atoms. The van der Waals surface area contributed by atoms with Crippen LogP contribution >= 0.6 is 11.6 Å². The topological polar surface area (TPSA) is 92.8 Å². The minimum Gasteiger partial charge on any atom is -0.496 e. The molecule has 7 nitrogen and oxygen atoms in total. The second-order valence-corrected chi connectivity index (χ2v) is 9.62. The predicted octanol–water partition coefficient (Wildman–Crippen LogP) is 2.62. The smallest absolute Gasteiger partial charge is 0.311 e. The van der Waals surface area contributed by atoms with E-state index < -0.39 is 23.1 Å². The van der Waals surface area contributed by atoms with Gasteiger partial charge in [-0.1, -0.05) is 17.5 Å². The molecule has 1 heterocycles. The third-order valence-corrected chi connectivity index (χ3v) is 7.14. The fourth-order valence-corrected chi connectivity index (χ4v) is 5.24. The highest BCUT2D eigenvalue weighted by molar-refractivity contribution is 6.35. The maximum Gasteiger partial charge on any atom is 0.311 e. The molecule has 1 saturated heterocycles. The second kappa shape index (κ2) is 9.18. The zero-order valence-electron chi connectivity index (χ0n) is 18.8. The average Bonchev–Trinajstić information content (AvgIpc) is 3.58. The number of carbonyl (C=O) groups excluding carboxylic acids is 4. The van der Waals surface area contributed by atoms with Crippen LogP contribution in [0.5, 0.6) is 5.75 Å². The molecular weight excluding hydrogens is 444 g/mol. The lowest BCUT2D eigenvalue weighted by Crippen LogP contribution is -2.51. The lowest BCUT2D eigenvalue weighted by atomic mass is 9.63. The molecule has 1 N–H and O–H groups in total. The first kappa shape index (κ1) is 23.3. The van der Waals surface area contributed by atoms with Crippen LogP contribution in [0.1, 0.15) is 62.5 Å². The summed E-state index contributed by atoms with van der Waals surface area (Å²) in [7, 11) is 1.48. The van der Waals surface area contributed by atoms with Crippen LogP contribution in [0.4, 0.5) is 0 Å². The Morgan fingerprint density at radius 1 is 1.15 bits per heavy atom. The van der Waals surface area contributed by atoms with E-state index in [4.69, 9.17) is 16.3 Å². The van der Waals surface area contributed by atoms with Crippen LogP contribution in [0.25, 0.3) is 0 Å². The second-order valence-electron chi connectivity index (χ2n) is 9.21. The number of hydrogen-bond acceptors (Lipinski definition) is 5. The van der Waals surface area contributed by atoms with Crippen LogP contribution < -0.4 is 10.1 Å². The van der Waals surface area contributed by atoms with E-state index in [1.165, 1.54) is 12.0 Å². The monoisotopic (exact) mass is 470 g/mol. The summed E-state index contributed by atoms with van der Waals surface area (Å²) in [5.41, 5.74) is 0.565. The van der Waals surface area contributed by atoms with Gasteiger partial charge in [-0.3, -0.25) is 19.2 Å². The van der Waals surface area contributed by atoms with Gasteiger partial charge in [-0.15, -0.1) is 5.92 Å². The van der Waals surface area contributed by atoms with E-state index in [1.807, 2.05) is 0 Å². The fraction of sp³-hybridized carbons (Fsp3) is 0.520. The molecule has 0 atom stereocenters. The van der Waals surface area contributed by atoms with Crippen LogP contribution in [-0.4, -0.2) is 54.5 Å². The Morgan fingerprint density at radius 2 is 1.79 bits per heavy atom. The van der Waals surface area contributed by atoms with Crippen molar-refractivity contribution in [1.29, 1.82) is 0 Å². The summed E-state index contributed by atoms with van der Waals surface area (Å²) in [5.74, 6) is 3.65. The van der Waals surface area contributed by atoms with E-state index in [0.29, 0.717) is 42.8 Å². The van der Waals surface area contributed by atoms with E-state index in [2.05, 4.69) is 17.2 Å². The number of nitrogens with one attached hydrogen (secondary N) is 1. The number of carbonyl (C=O) groups is 4. The van der Waals surface area contributed by atoms with Gasteiger partial charge in [0.05, 0.1) is 7.11 Å². The number of nitrogens with zero attached hydrogens (tertiary/aromatic N) is 1. The lowest BCUT2D eigenvalue weighted by Gasteiger charge is -2.44. The Kier molecular flexibility index (Phi) is 6.49. The average molecular weight is 471 g/mol. The van der Waals surface area contributed by atoms with Crippen LogP contribution in [0.3, 0.4) is 0 Å². The van der Waals surface area contributed by atoms with Crippen molar-refractivity contribution in [3.63, 3.8) is 0 Å². The summed E-state index contributed by atoms with van der Waals surface area (Å²) in [6.45, 7) is 2.42. The maximum atomic E-state index is 13.3. The maximum absolute atomic E-state index is 13.3. The van der Waals surface area contributed by atoms with Gasteiger partial charge in [-0.2, -0.15) is 0 Å². The number of halogens is 1. The molecule has 174 valence electrons. The predicted molar refractivity (Wildman–Crippen MR) is 122 cm³/mol. The first-order chi connectivity index (χ1) is 15.8. The molecule has 1 aliphatic heterocycles. The summed E-state index contributed by atoms with van der Waals surface area (Å²) in [6, 6.07) is 3.46. The minimum absolute atomic E-state index is 0.120. The molecule has 1 aromatic rings. The van der Waals surface area contributed by atoms with E-state index in [1.54, 1.807) is 19.1 Å². The molecule has 1 aromatic carbocycles. The van der Waals surface area contributed by atoms with Gasteiger partial charge in [0.1, 0.15) is 23.2 Å². The van der Waals surface area contributed by atoms with Crippen molar-refractivity contribution in [3.8, 4) is 17.6 Å². The number of hydrogen-bond donors (Lipinski definition) is 1. The first-order valence-electron chi connectivity index (χ1n) is 11.2. The Hall–Kier alpha value is -2.85. The third kappa shape index (κ3) is 4.77. The quantitative estimate of drug-likeness (QED) is 0.416. The molecule has 1 spiro atoms. The lowest BCUT2D eigenvalue weighted by molar-refractivity contribution is -0.148. The van der Waals surface area contributed by atoms with Gasteiger partial charge in [0.2, 0.25) is 0 Å². The number of Topliss-reactive ketones (excluding diaryl/α,β-unsaturated/α-hetero) is 2. The highest BCUT2D eigenvalue weighted by Crippen LogP contribution is 2.48. The highest BCUT2D eigenvalue weighted by atomic mass is 35.5. The van der Waals surface area contributed by atoms with Gasteiger partial charge >= 0.3 is 11.8 Å². The fourth-order valence-electron chi connectivity index (χ4n) is 4.92. The normalized spacial score (nSPS) is 20.3. The summed E-state index contributed by atoms with van der Waals surface area (Å²) < 4.78 is 5.46. The zero-order valence-corrected chi connectivity index (χ0v) is 19.6. The molecule has 2 amide bonds. The van der Waals surface area contributed by atoms with Gasteiger partial charge in [-0.05, 0) is 50.2 Å². The molecule has 8 heteroatoms. The molecule has 0 radical (unpaired) electrons. The zero-order chi connectivity index (χ0) is 23.8. The first-order valence-corrected chi connectivity index (χ1v) is 11.6. The van der Waals surface area contributed by atoms with Crippen LogP contribution in [0.15, 0.2) is 12.1 Å². The molecule has 2 saturated carbocycles. The number of benzene rings is 1. The highest BCUT2D eigenvalue weighted by Gasteiger charge is 2.48. The third-order valence-electron chi connectivity index (χ3n) is 6.83. The van der Waals surface area contributed by atoms with E-state index in [0.717, 1.165) is 12.8 Å². The standard InChI is InChI=1S/C25H27ClN2O5/c1-3-4-15-11-17(26)21(20(12-15)33-2)22-18(29)13-25(14-19(22)30)7-9-28(10-8-25)24(32)23(31)27-16-5-6-16/h11-12,16,22H,5-10,13-14H2,1-2H3,(H,27,31). The Balaban J connectivity index is 1.47. The minimum atomic E-state index is -0.967. The molecule has 0 aromatic heterocycles. The van der Waals surface area contributed by atoms with Crippen molar-refractivity contribution >= 4 is 35.0 Å². The molecule has 2 aliphatic carbocycles. The summed E-state index contributed by atoms with van der Waals surface area (Å²) >= 11 is 6.48.